The van der Waals surface area contributed by atoms with E-state index in [9.17, 15) is 0 Å². The fourth-order valence-electron chi connectivity index (χ4n) is 14.7. The predicted octanol–water partition coefficient (Wildman–Crippen LogP) is 24.0. The first kappa shape index (κ1) is 83.8. The van der Waals surface area contributed by atoms with Gasteiger partial charge < -0.3 is 38.5 Å². The number of rotatable bonds is 62. The smallest absolute Gasteiger partial charge is 0.186 e. The number of nitrogens with one attached hydrogen (secondary N) is 1. The number of aromatic nitrogens is 3. The second kappa shape index (κ2) is 54.7. The fraction of sp³-hybridized carbons (Fsp3) is 0.591. The quantitative estimate of drug-likeness (QED) is 0.0370. The summed E-state index contributed by atoms with van der Waals surface area (Å²) < 4.78 is 53.2. The lowest BCUT2D eigenvalue weighted by atomic mass is 9.96. The van der Waals surface area contributed by atoms with Crippen molar-refractivity contribution in [2.24, 2.45) is 0 Å². The summed E-state index contributed by atoms with van der Waals surface area (Å²) in [6, 6.07) is 62.2. The summed E-state index contributed by atoms with van der Waals surface area (Å²) in [4.78, 5) is 0. The average molecular weight is 1420 g/mol. The third-order valence-electron chi connectivity index (χ3n) is 21.0. The van der Waals surface area contributed by atoms with Crippen LogP contribution < -0.4 is 5.32 Å². The third kappa shape index (κ3) is 34.8. The summed E-state index contributed by atoms with van der Waals surface area (Å²) in [5.41, 5.74) is 7.13. The minimum absolute atomic E-state index is 0.244. The largest absolute Gasteiger partial charge is 0.371 e. The molecule has 2 heterocycles. The molecule has 0 radical (unpaired) electrons. The SMILES string of the molecule is CCCCCCCCCCCCCCCCCCCCCCCCCCN[C@@H](CO[C@@H]1O[C@H](Cn2cc(-c3ccccc3)nn2)[C@H](OCc2ccccc2)[C@H](OCc2ccccc2)[C@H]1OCc1ccccc1)[C@H](OCc1ccccc1)[C@@H](CCCCCCCCCCCCCC)OCc1ccccc1. The summed E-state index contributed by atoms with van der Waals surface area (Å²) in [7, 11) is 0. The van der Waals surface area contributed by atoms with E-state index in [2.05, 4.69) is 158 Å². The van der Waals surface area contributed by atoms with Crippen LogP contribution in [-0.4, -0.2) is 77.1 Å². The van der Waals surface area contributed by atoms with Crippen molar-refractivity contribution in [3.05, 3.63) is 216 Å². The number of nitrogens with zero attached hydrogens (tertiary/aromatic N) is 3. The third-order valence-corrected chi connectivity index (χ3v) is 21.0. The molecule has 0 unspecified atom stereocenters. The topological polar surface area (TPSA) is 107 Å². The first-order valence-electron chi connectivity index (χ1n) is 41.9. The van der Waals surface area contributed by atoms with E-state index < -0.39 is 36.8 Å². The number of unbranched alkanes of at least 4 members (excludes halogenated alkanes) is 34. The minimum atomic E-state index is -0.915. The van der Waals surface area contributed by atoms with Gasteiger partial charge in [-0.15, -0.1) is 5.10 Å². The second-order valence-corrected chi connectivity index (χ2v) is 29.8. The lowest BCUT2D eigenvalue weighted by Gasteiger charge is -2.46. The Morgan fingerprint density at radius 2 is 0.712 bits per heavy atom. The molecule has 0 bridgehead atoms. The van der Waals surface area contributed by atoms with Crippen LogP contribution in [0.4, 0.5) is 0 Å². The summed E-state index contributed by atoms with van der Waals surface area (Å²) in [5, 5.41) is 13.5. The normalized spacial score (nSPS) is 17.0. The van der Waals surface area contributed by atoms with E-state index in [0.29, 0.717) is 39.6 Å². The van der Waals surface area contributed by atoms with Gasteiger partial charge in [-0.1, -0.05) is 426 Å². The van der Waals surface area contributed by atoms with Crippen LogP contribution in [0.25, 0.3) is 11.3 Å². The van der Waals surface area contributed by atoms with Gasteiger partial charge in [-0.05, 0) is 47.2 Å². The fourth-order valence-corrected chi connectivity index (χ4v) is 14.7. The van der Waals surface area contributed by atoms with Crippen molar-refractivity contribution < 1.29 is 33.2 Å². The molecule has 7 aromatic rings. The first-order chi connectivity index (χ1) is 51.6. The first-order valence-corrected chi connectivity index (χ1v) is 41.9. The highest BCUT2D eigenvalue weighted by Crippen LogP contribution is 2.34. The molecule has 0 saturated carbocycles. The van der Waals surface area contributed by atoms with Crippen molar-refractivity contribution in [2.45, 2.75) is 340 Å². The molecule has 0 aliphatic carbocycles. The molecule has 1 aromatic heterocycles. The number of hydrogen-bond donors (Lipinski definition) is 1. The molecule has 8 atom stereocenters. The maximum Gasteiger partial charge on any atom is 0.186 e. The van der Waals surface area contributed by atoms with E-state index in [-0.39, 0.29) is 18.8 Å². The highest BCUT2D eigenvalue weighted by atomic mass is 16.7. The van der Waals surface area contributed by atoms with E-state index >= 15 is 0 Å². The summed E-state index contributed by atoms with van der Waals surface area (Å²) >= 11 is 0. The zero-order chi connectivity index (χ0) is 72.0. The van der Waals surface area contributed by atoms with Crippen molar-refractivity contribution in [1.29, 1.82) is 0 Å². The van der Waals surface area contributed by atoms with Crippen molar-refractivity contribution in [3.8, 4) is 11.3 Å². The molecule has 8 rings (SSSR count). The monoisotopic (exact) mass is 1420 g/mol. The van der Waals surface area contributed by atoms with Gasteiger partial charge in [-0.25, -0.2) is 4.68 Å². The molecular weight excluding hydrogens is 1290 g/mol. The van der Waals surface area contributed by atoms with Crippen LogP contribution in [0, 0.1) is 0 Å². The Bertz CT molecular complexity index is 3090. The van der Waals surface area contributed by atoms with E-state index in [1.807, 2.05) is 59.4 Å². The average Bonchev–Trinajstić information content (AvgIpc) is 1.06. The predicted molar refractivity (Wildman–Crippen MR) is 429 cm³/mol. The molecule has 570 valence electrons. The zero-order valence-electron chi connectivity index (χ0n) is 64.5. The Balaban J connectivity index is 0.994. The Morgan fingerprint density at radius 3 is 1.12 bits per heavy atom. The lowest BCUT2D eigenvalue weighted by Crippen LogP contribution is -2.62. The molecule has 11 nitrogen and oxygen atoms in total. The number of hydrogen-bond acceptors (Lipinski definition) is 10. The highest BCUT2D eigenvalue weighted by Gasteiger charge is 2.50. The Hall–Kier alpha value is -5.86. The minimum Gasteiger partial charge on any atom is -0.371 e. The van der Waals surface area contributed by atoms with Crippen LogP contribution in [0.1, 0.15) is 279 Å². The van der Waals surface area contributed by atoms with E-state index in [1.165, 1.54) is 205 Å². The zero-order valence-corrected chi connectivity index (χ0v) is 64.5. The van der Waals surface area contributed by atoms with Crippen molar-refractivity contribution in [2.75, 3.05) is 13.2 Å². The standard InChI is InChI=1S/C93H136N4O7/c1-3-5-7-9-11-13-15-17-18-19-20-21-22-23-24-25-26-27-28-30-32-34-36-56-70-94-86(89(99-74-80-59-45-38-46-60-80)87(98-73-79-57-43-37-44-58-79)69-55-35-33-31-29-16-14-12-10-8-6-4-2)78-103-93-92(102-77-83-65-51-41-52-66-83)91(101-76-82-63-49-40-50-64-82)90(100-75-81-61-47-39-48-62-81)88(104-93)72-97-71-85(95-96-97)84-67-53-42-54-68-84/h37-54,57-68,71,86-94H,3-36,55-56,69-70,72-78H2,1-2H3/t86-,87+,88+,89-,90-,91-,92+,93+/m0/s1. The Morgan fingerprint density at radius 1 is 0.365 bits per heavy atom. The second-order valence-electron chi connectivity index (χ2n) is 29.8. The van der Waals surface area contributed by atoms with Gasteiger partial charge in [0.2, 0.25) is 0 Å². The van der Waals surface area contributed by atoms with E-state index in [4.69, 9.17) is 38.4 Å². The molecular formula is C93H136N4O7. The molecule has 1 aliphatic heterocycles. The van der Waals surface area contributed by atoms with Crippen LogP contribution in [0.15, 0.2) is 188 Å². The molecule has 1 fully saturated rings. The molecule has 1 aliphatic rings. The molecule has 1 N–H and O–H groups in total. The lowest BCUT2D eigenvalue weighted by molar-refractivity contribution is -0.327. The van der Waals surface area contributed by atoms with Gasteiger partial charge >= 0.3 is 0 Å². The van der Waals surface area contributed by atoms with E-state index in [0.717, 1.165) is 77.7 Å². The molecule has 104 heavy (non-hydrogen) atoms. The van der Waals surface area contributed by atoms with Gasteiger partial charge in [0, 0.05) is 5.56 Å². The Kier molecular flexibility index (Phi) is 44.0. The van der Waals surface area contributed by atoms with Gasteiger partial charge in [0.15, 0.2) is 6.29 Å². The van der Waals surface area contributed by atoms with Crippen molar-refractivity contribution in [1.82, 2.24) is 20.3 Å². The Labute approximate surface area is 630 Å². The van der Waals surface area contributed by atoms with Crippen LogP contribution in [0.3, 0.4) is 0 Å². The summed E-state index contributed by atoms with van der Waals surface area (Å²) in [6.45, 7) is 7.82. The molecule has 0 spiro atoms. The number of benzene rings is 6. The summed E-state index contributed by atoms with van der Waals surface area (Å²) in [6.07, 6.45) is 46.9. The van der Waals surface area contributed by atoms with Crippen molar-refractivity contribution in [3.63, 3.8) is 0 Å². The molecule has 0 amide bonds. The van der Waals surface area contributed by atoms with Crippen LogP contribution in [-0.2, 0) is 72.7 Å². The molecule has 6 aromatic carbocycles. The van der Waals surface area contributed by atoms with Crippen LogP contribution in [0.2, 0.25) is 0 Å². The maximum atomic E-state index is 7.53. The highest BCUT2D eigenvalue weighted by molar-refractivity contribution is 5.57. The molecule has 11 heteroatoms. The number of ether oxygens (including phenoxy) is 7. The van der Waals surface area contributed by atoms with Crippen LogP contribution in [0.5, 0.6) is 0 Å². The van der Waals surface area contributed by atoms with Gasteiger partial charge in [0.25, 0.3) is 0 Å². The van der Waals surface area contributed by atoms with Crippen LogP contribution >= 0.6 is 0 Å². The van der Waals surface area contributed by atoms with Gasteiger partial charge in [0.1, 0.15) is 36.2 Å². The maximum absolute atomic E-state index is 7.53. The summed E-state index contributed by atoms with van der Waals surface area (Å²) in [5.74, 6) is 0. The molecule has 1 saturated heterocycles. The van der Waals surface area contributed by atoms with Gasteiger partial charge in [-0.2, -0.15) is 0 Å². The van der Waals surface area contributed by atoms with E-state index in [1.54, 1.807) is 0 Å². The van der Waals surface area contributed by atoms with Crippen molar-refractivity contribution >= 4 is 0 Å². The van der Waals surface area contributed by atoms with Gasteiger partial charge in [0.05, 0.1) is 64.5 Å². The van der Waals surface area contributed by atoms with Gasteiger partial charge in [-0.3, -0.25) is 0 Å².